The first-order valence-corrected chi connectivity index (χ1v) is 7.13. The monoisotopic (exact) mass is 312 g/mol. The minimum Gasteiger partial charge on any atom is -0.444 e. The second kappa shape index (κ2) is 6.45. The van der Waals surface area contributed by atoms with Crippen molar-refractivity contribution in [1.29, 1.82) is 0 Å². The molecule has 0 radical (unpaired) electrons. The van der Waals surface area contributed by atoms with Crippen molar-refractivity contribution < 1.29 is 9.53 Å². The Labute approximate surface area is 132 Å². The molecule has 0 aliphatic rings. The van der Waals surface area contributed by atoms with Crippen molar-refractivity contribution in [3.63, 3.8) is 0 Å². The number of fused-ring (bicyclic) bond motifs is 1. The first-order chi connectivity index (χ1) is 10.7. The maximum atomic E-state index is 11.9. The fourth-order valence-electron chi connectivity index (χ4n) is 2.09. The molecule has 22 heavy (non-hydrogen) atoms. The number of hydrogen-bond acceptors (Lipinski definition) is 3. The quantitative estimate of drug-likeness (QED) is 0.717. The van der Waals surface area contributed by atoms with Crippen LogP contribution in [0.15, 0.2) is 60.7 Å². The SMILES string of the molecule is O=C(Nc1cccc2ccc(Cl)nc12)OCc1ccccc1. The van der Waals surface area contributed by atoms with Gasteiger partial charge in [0.2, 0.25) is 0 Å². The summed E-state index contributed by atoms with van der Waals surface area (Å²) in [6, 6.07) is 18.6. The molecule has 0 saturated heterocycles. The lowest BCUT2D eigenvalue weighted by atomic mass is 10.2. The van der Waals surface area contributed by atoms with Crippen LogP contribution in [-0.4, -0.2) is 11.1 Å². The molecule has 1 aromatic heterocycles. The van der Waals surface area contributed by atoms with Gasteiger partial charge in [-0.05, 0) is 23.8 Å². The first-order valence-electron chi connectivity index (χ1n) is 6.75. The van der Waals surface area contributed by atoms with Crippen molar-refractivity contribution in [2.45, 2.75) is 6.61 Å². The third-order valence-corrected chi connectivity index (χ3v) is 3.35. The molecule has 0 bridgehead atoms. The Morgan fingerprint density at radius 1 is 1.05 bits per heavy atom. The molecule has 0 aliphatic carbocycles. The summed E-state index contributed by atoms with van der Waals surface area (Å²) in [6.45, 7) is 0.214. The summed E-state index contributed by atoms with van der Waals surface area (Å²) in [4.78, 5) is 16.2. The van der Waals surface area contributed by atoms with E-state index in [0.717, 1.165) is 10.9 Å². The van der Waals surface area contributed by atoms with Gasteiger partial charge in [-0.2, -0.15) is 0 Å². The van der Waals surface area contributed by atoms with Crippen LogP contribution in [0.5, 0.6) is 0 Å². The topological polar surface area (TPSA) is 51.2 Å². The molecule has 4 nitrogen and oxygen atoms in total. The van der Waals surface area contributed by atoms with Crippen LogP contribution in [-0.2, 0) is 11.3 Å². The van der Waals surface area contributed by atoms with Crippen molar-refractivity contribution >= 4 is 34.3 Å². The smallest absolute Gasteiger partial charge is 0.412 e. The molecule has 1 heterocycles. The van der Waals surface area contributed by atoms with Crippen molar-refractivity contribution in [2.24, 2.45) is 0 Å². The van der Waals surface area contributed by atoms with Gasteiger partial charge in [-0.3, -0.25) is 5.32 Å². The molecule has 3 rings (SSSR count). The summed E-state index contributed by atoms with van der Waals surface area (Å²) in [5.41, 5.74) is 2.13. The lowest BCUT2D eigenvalue weighted by Crippen LogP contribution is -2.14. The minimum atomic E-state index is -0.530. The van der Waals surface area contributed by atoms with Gasteiger partial charge in [0, 0.05) is 5.39 Å². The number of carbonyl (C=O) groups excluding carboxylic acids is 1. The molecule has 0 saturated carbocycles. The second-order valence-corrected chi connectivity index (χ2v) is 5.09. The van der Waals surface area contributed by atoms with Gasteiger partial charge >= 0.3 is 6.09 Å². The highest BCUT2D eigenvalue weighted by Gasteiger charge is 2.08. The normalized spacial score (nSPS) is 10.4. The molecule has 3 aromatic rings. The van der Waals surface area contributed by atoms with Gasteiger partial charge in [0.05, 0.1) is 11.2 Å². The summed E-state index contributed by atoms with van der Waals surface area (Å²) in [5, 5.41) is 3.97. The number of aromatic nitrogens is 1. The number of benzene rings is 2. The number of nitrogens with one attached hydrogen (secondary N) is 1. The van der Waals surface area contributed by atoms with E-state index in [2.05, 4.69) is 10.3 Å². The molecular weight excluding hydrogens is 300 g/mol. The van der Waals surface area contributed by atoms with Crippen LogP contribution in [0.3, 0.4) is 0 Å². The fourth-order valence-corrected chi connectivity index (χ4v) is 2.24. The molecule has 0 unspecified atom stereocenters. The van der Waals surface area contributed by atoms with Crippen LogP contribution >= 0.6 is 11.6 Å². The van der Waals surface area contributed by atoms with Gasteiger partial charge in [-0.25, -0.2) is 9.78 Å². The standard InChI is InChI=1S/C17H13ClN2O2/c18-15-10-9-13-7-4-8-14(16(13)20-15)19-17(21)22-11-12-5-2-1-3-6-12/h1-10H,11H2,(H,19,21). The minimum absolute atomic E-state index is 0.214. The molecule has 1 amide bonds. The average Bonchev–Trinajstić information content (AvgIpc) is 2.54. The van der Waals surface area contributed by atoms with E-state index in [9.17, 15) is 4.79 Å². The van der Waals surface area contributed by atoms with E-state index in [1.807, 2.05) is 48.5 Å². The Kier molecular flexibility index (Phi) is 4.21. The zero-order chi connectivity index (χ0) is 15.4. The number of hydrogen-bond donors (Lipinski definition) is 1. The predicted octanol–water partition coefficient (Wildman–Crippen LogP) is 4.64. The van der Waals surface area contributed by atoms with Gasteiger partial charge in [0.1, 0.15) is 11.8 Å². The highest BCUT2D eigenvalue weighted by atomic mass is 35.5. The van der Waals surface area contributed by atoms with Crippen molar-refractivity contribution in [3.8, 4) is 0 Å². The molecule has 0 aliphatic heterocycles. The molecular formula is C17H13ClN2O2. The molecule has 1 N–H and O–H groups in total. The van der Waals surface area contributed by atoms with Crippen molar-refractivity contribution in [2.75, 3.05) is 5.32 Å². The van der Waals surface area contributed by atoms with Crippen LogP contribution in [0.2, 0.25) is 5.15 Å². The summed E-state index contributed by atoms with van der Waals surface area (Å²) in [5.74, 6) is 0. The van der Waals surface area contributed by atoms with E-state index in [1.165, 1.54) is 0 Å². The highest BCUT2D eigenvalue weighted by molar-refractivity contribution is 6.29. The van der Waals surface area contributed by atoms with Gasteiger partial charge in [-0.15, -0.1) is 0 Å². The Morgan fingerprint density at radius 2 is 1.86 bits per heavy atom. The summed E-state index contributed by atoms with van der Waals surface area (Å²) >= 11 is 5.91. The van der Waals surface area contributed by atoms with Crippen LogP contribution < -0.4 is 5.32 Å². The van der Waals surface area contributed by atoms with E-state index in [0.29, 0.717) is 16.4 Å². The zero-order valence-corrected chi connectivity index (χ0v) is 12.4. The molecule has 0 spiro atoms. The predicted molar refractivity (Wildman–Crippen MR) is 87.0 cm³/mol. The van der Waals surface area contributed by atoms with Crippen LogP contribution in [0.1, 0.15) is 5.56 Å². The summed E-state index contributed by atoms with van der Waals surface area (Å²) in [6.07, 6.45) is -0.530. The lowest BCUT2D eigenvalue weighted by Gasteiger charge is -2.09. The van der Waals surface area contributed by atoms with Gasteiger partial charge in [0.15, 0.2) is 0 Å². The molecule has 0 atom stereocenters. The maximum absolute atomic E-state index is 11.9. The summed E-state index contributed by atoms with van der Waals surface area (Å²) < 4.78 is 5.20. The number of ether oxygens (including phenoxy) is 1. The number of anilines is 1. The second-order valence-electron chi connectivity index (χ2n) is 4.70. The van der Waals surface area contributed by atoms with E-state index in [1.54, 1.807) is 12.1 Å². The first kappa shape index (κ1) is 14.4. The Bertz CT molecular complexity index is 806. The Morgan fingerprint density at radius 3 is 2.68 bits per heavy atom. The Balaban J connectivity index is 1.73. The van der Waals surface area contributed by atoms with Crippen LogP contribution in [0.25, 0.3) is 10.9 Å². The Hall–Kier alpha value is -2.59. The number of rotatable bonds is 3. The third-order valence-electron chi connectivity index (χ3n) is 3.14. The zero-order valence-electron chi connectivity index (χ0n) is 11.6. The third kappa shape index (κ3) is 3.35. The largest absolute Gasteiger partial charge is 0.444 e. The van der Waals surface area contributed by atoms with Gasteiger partial charge in [-0.1, -0.05) is 54.1 Å². The van der Waals surface area contributed by atoms with E-state index in [-0.39, 0.29) is 6.61 Å². The van der Waals surface area contributed by atoms with Crippen LogP contribution in [0.4, 0.5) is 10.5 Å². The van der Waals surface area contributed by atoms with Crippen molar-refractivity contribution in [3.05, 3.63) is 71.4 Å². The average molecular weight is 313 g/mol. The number of pyridine rings is 1. The highest BCUT2D eigenvalue weighted by Crippen LogP contribution is 2.23. The maximum Gasteiger partial charge on any atom is 0.412 e. The van der Waals surface area contributed by atoms with E-state index < -0.39 is 6.09 Å². The fraction of sp³-hybridized carbons (Fsp3) is 0.0588. The number of para-hydroxylation sites is 1. The molecule has 2 aromatic carbocycles. The van der Waals surface area contributed by atoms with Gasteiger partial charge < -0.3 is 4.74 Å². The number of halogens is 1. The van der Waals surface area contributed by atoms with Gasteiger partial charge in [0.25, 0.3) is 0 Å². The summed E-state index contributed by atoms with van der Waals surface area (Å²) in [7, 11) is 0. The number of amides is 1. The molecule has 5 heteroatoms. The van der Waals surface area contributed by atoms with E-state index in [4.69, 9.17) is 16.3 Å². The number of nitrogens with zero attached hydrogens (tertiary/aromatic N) is 1. The number of carbonyl (C=O) groups is 1. The van der Waals surface area contributed by atoms with E-state index >= 15 is 0 Å². The molecule has 0 fully saturated rings. The van der Waals surface area contributed by atoms with Crippen LogP contribution in [0, 0.1) is 0 Å². The lowest BCUT2D eigenvalue weighted by molar-refractivity contribution is 0.155. The molecule has 110 valence electrons. The van der Waals surface area contributed by atoms with Crippen molar-refractivity contribution in [1.82, 2.24) is 4.98 Å².